The minimum absolute atomic E-state index is 0.0434. The molecule has 0 aromatic carbocycles. The summed E-state index contributed by atoms with van der Waals surface area (Å²) in [5.41, 5.74) is 5.38. The lowest BCUT2D eigenvalue weighted by molar-refractivity contribution is -0.161. The highest BCUT2D eigenvalue weighted by Crippen LogP contribution is 2.43. The zero-order chi connectivity index (χ0) is 53.8. The van der Waals surface area contributed by atoms with Crippen molar-refractivity contribution in [1.29, 1.82) is 0 Å². The summed E-state index contributed by atoms with van der Waals surface area (Å²) in [5, 5.41) is 0. The van der Waals surface area contributed by atoms with Gasteiger partial charge in [0.05, 0.1) is 13.2 Å². The Kier molecular flexibility index (Phi) is 55.4. The Morgan fingerprint density at radius 3 is 1.11 bits per heavy atom. The van der Waals surface area contributed by atoms with Crippen LogP contribution in [0.2, 0.25) is 0 Å². The number of unbranched alkanes of at least 4 members (excludes halogenated alkanes) is 18. The number of carbonyl (C=O) groups excluding carboxylic acids is 2. The van der Waals surface area contributed by atoms with Crippen LogP contribution >= 0.6 is 7.82 Å². The summed E-state index contributed by atoms with van der Waals surface area (Å²) in [7, 11) is -4.40. The van der Waals surface area contributed by atoms with Gasteiger partial charge in [-0.2, -0.15) is 0 Å². The molecule has 0 amide bonds. The van der Waals surface area contributed by atoms with Gasteiger partial charge in [0.2, 0.25) is 0 Å². The monoisotopic (exact) mass is 1050 g/mol. The minimum atomic E-state index is -4.40. The lowest BCUT2D eigenvalue weighted by Crippen LogP contribution is -2.29. The molecule has 10 heteroatoms. The summed E-state index contributed by atoms with van der Waals surface area (Å²) < 4.78 is 33.0. The molecule has 420 valence electrons. The summed E-state index contributed by atoms with van der Waals surface area (Å²) in [4.78, 5) is 35.2. The number of allylic oxidation sites excluding steroid dienone is 22. The molecule has 0 bridgehead atoms. The van der Waals surface area contributed by atoms with Crippen LogP contribution in [-0.2, 0) is 32.7 Å². The molecule has 0 aliphatic carbocycles. The van der Waals surface area contributed by atoms with Gasteiger partial charge in [0, 0.05) is 19.4 Å². The van der Waals surface area contributed by atoms with Crippen molar-refractivity contribution >= 4 is 19.8 Å². The van der Waals surface area contributed by atoms with E-state index in [9.17, 15) is 19.0 Å². The Morgan fingerprint density at radius 1 is 0.419 bits per heavy atom. The van der Waals surface area contributed by atoms with Crippen LogP contribution in [0.3, 0.4) is 0 Å². The highest BCUT2D eigenvalue weighted by atomic mass is 31.2. The molecule has 0 saturated carbocycles. The van der Waals surface area contributed by atoms with E-state index in [1.807, 2.05) is 0 Å². The average molecular weight is 1050 g/mol. The molecule has 0 heterocycles. The van der Waals surface area contributed by atoms with Gasteiger partial charge < -0.3 is 20.1 Å². The SMILES string of the molecule is CC/C=C\C/C=C\C/C=C\C/C=C\C/C=C\C/C=C\C/C=C\C/C=C\C/C=C\CCCCCCCCCC(=O)OC(COC(=O)CCCCCCCCC/C=C\C/C=C\CCCCCC)COP(=O)(O)OCCN. The molecule has 0 spiro atoms. The van der Waals surface area contributed by atoms with Gasteiger partial charge in [-0.3, -0.25) is 18.6 Å². The maximum Gasteiger partial charge on any atom is 0.472 e. The first kappa shape index (κ1) is 70.1. The fourth-order valence-corrected chi connectivity index (χ4v) is 8.25. The molecule has 3 N–H and O–H groups in total. The van der Waals surface area contributed by atoms with Crippen molar-refractivity contribution in [2.24, 2.45) is 5.73 Å². The standard InChI is InChI=1S/C64H106NO8P/c1-3-5-7-9-11-13-15-17-19-21-23-24-25-26-27-28-29-30-31-32-33-34-35-36-37-38-39-41-43-45-47-49-51-53-55-57-64(67)73-62(61-72-74(68,69)71-59-58-65)60-70-63(66)56-54-52-50-48-46-44-42-40-22-20-18-16-14-12-10-8-6-4-2/h5,7,11,13-14,16-17,19-20,22-24,26-27,29-30,32-33,35-36,38-39,62H,3-4,6,8-10,12,15,18,21,25,28,31,34,37,40-61,65H2,1-2H3,(H,68,69)/b7-5-,13-11-,16-14-,19-17-,22-20-,24-23-,27-26-,30-29-,33-32-,36-35-,39-38-. The van der Waals surface area contributed by atoms with Gasteiger partial charge in [-0.05, 0) is 116 Å². The second-order valence-corrected chi connectivity index (χ2v) is 20.2. The van der Waals surface area contributed by atoms with Gasteiger partial charge in [0.1, 0.15) is 6.61 Å². The number of esters is 2. The van der Waals surface area contributed by atoms with E-state index in [0.29, 0.717) is 6.42 Å². The van der Waals surface area contributed by atoms with E-state index < -0.39 is 32.5 Å². The fraction of sp³-hybridized carbons (Fsp3) is 0.625. The number of ether oxygens (including phenoxy) is 2. The van der Waals surface area contributed by atoms with Crippen LogP contribution in [0.5, 0.6) is 0 Å². The van der Waals surface area contributed by atoms with Crippen LogP contribution in [0.1, 0.15) is 226 Å². The van der Waals surface area contributed by atoms with Crippen LogP contribution in [0, 0.1) is 0 Å². The summed E-state index contributed by atoms with van der Waals surface area (Å²) in [5.74, 6) is -0.857. The second kappa shape index (κ2) is 58.4. The molecule has 0 fully saturated rings. The average Bonchev–Trinajstić information content (AvgIpc) is 3.39. The number of phosphoric acid groups is 1. The summed E-state index contributed by atoms with van der Waals surface area (Å²) in [6.07, 6.45) is 82.1. The van der Waals surface area contributed by atoms with Gasteiger partial charge in [0.15, 0.2) is 6.10 Å². The van der Waals surface area contributed by atoms with Crippen molar-refractivity contribution in [2.45, 2.75) is 232 Å². The lowest BCUT2D eigenvalue weighted by atomic mass is 10.1. The highest BCUT2D eigenvalue weighted by Gasteiger charge is 2.26. The topological polar surface area (TPSA) is 134 Å². The summed E-state index contributed by atoms with van der Waals surface area (Å²) in [6.45, 7) is 3.58. The maximum atomic E-state index is 12.7. The van der Waals surface area contributed by atoms with Crippen LogP contribution in [0.15, 0.2) is 134 Å². The Balaban J connectivity index is 4.06. The third kappa shape index (κ3) is 57.4. The third-order valence-corrected chi connectivity index (χ3v) is 12.8. The molecular formula is C64H106NO8P. The number of nitrogens with two attached hydrogens (primary N) is 1. The molecule has 0 rings (SSSR count). The molecule has 0 radical (unpaired) electrons. The molecule has 0 aromatic rings. The summed E-state index contributed by atoms with van der Waals surface area (Å²) >= 11 is 0. The predicted octanol–water partition coefficient (Wildman–Crippen LogP) is 18.6. The Hall–Kier alpha value is -3.85. The van der Waals surface area contributed by atoms with Crippen LogP contribution in [0.4, 0.5) is 0 Å². The first-order valence-corrected chi connectivity index (χ1v) is 30.7. The van der Waals surface area contributed by atoms with E-state index in [2.05, 4.69) is 148 Å². The zero-order valence-corrected chi connectivity index (χ0v) is 47.7. The molecule has 0 aliphatic heterocycles. The first-order chi connectivity index (χ1) is 36.3. The van der Waals surface area contributed by atoms with Crippen LogP contribution < -0.4 is 5.73 Å². The second-order valence-electron chi connectivity index (χ2n) is 18.8. The summed E-state index contributed by atoms with van der Waals surface area (Å²) in [6, 6.07) is 0. The smallest absolute Gasteiger partial charge is 0.462 e. The Bertz CT molecular complexity index is 1670. The van der Waals surface area contributed by atoms with Crippen molar-refractivity contribution in [3.8, 4) is 0 Å². The van der Waals surface area contributed by atoms with Crippen molar-refractivity contribution in [3.63, 3.8) is 0 Å². The third-order valence-electron chi connectivity index (χ3n) is 11.8. The van der Waals surface area contributed by atoms with E-state index in [4.69, 9.17) is 24.3 Å². The van der Waals surface area contributed by atoms with Gasteiger partial charge >= 0.3 is 19.8 Å². The van der Waals surface area contributed by atoms with E-state index in [-0.39, 0.29) is 32.6 Å². The molecule has 0 saturated heterocycles. The molecule has 9 nitrogen and oxygen atoms in total. The first-order valence-electron chi connectivity index (χ1n) is 29.2. The highest BCUT2D eigenvalue weighted by molar-refractivity contribution is 7.47. The van der Waals surface area contributed by atoms with Gasteiger partial charge in [-0.25, -0.2) is 4.57 Å². The number of hydrogen-bond acceptors (Lipinski definition) is 8. The molecular weight excluding hydrogens is 942 g/mol. The van der Waals surface area contributed by atoms with E-state index in [1.165, 1.54) is 64.2 Å². The van der Waals surface area contributed by atoms with E-state index in [0.717, 1.165) is 128 Å². The molecule has 0 aromatic heterocycles. The molecule has 2 unspecified atom stereocenters. The van der Waals surface area contributed by atoms with Crippen LogP contribution in [-0.4, -0.2) is 49.3 Å². The maximum absolute atomic E-state index is 12.7. The quantitative estimate of drug-likeness (QED) is 0.0264. The molecule has 74 heavy (non-hydrogen) atoms. The minimum Gasteiger partial charge on any atom is -0.462 e. The number of rotatable bonds is 53. The van der Waals surface area contributed by atoms with E-state index >= 15 is 0 Å². The zero-order valence-electron chi connectivity index (χ0n) is 46.8. The Morgan fingerprint density at radius 2 is 0.743 bits per heavy atom. The molecule has 0 aliphatic rings. The van der Waals surface area contributed by atoms with Gasteiger partial charge in [0.25, 0.3) is 0 Å². The van der Waals surface area contributed by atoms with Gasteiger partial charge in [-0.15, -0.1) is 0 Å². The van der Waals surface area contributed by atoms with Gasteiger partial charge in [-0.1, -0.05) is 231 Å². The largest absolute Gasteiger partial charge is 0.472 e. The fourth-order valence-electron chi connectivity index (χ4n) is 7.48. The van der Waals surface area contributed by atoms with Crippen LogP contribution in [0.25, 0.3) is 0 Å². The van der Waals surface area contributed by atoms with Crippen molar-refractivity contribution in [3.05, 3.63) is 134 Å². The van der Waals surface area contributed by atoms with Crippen molar-refractivity contribution < 1.29 is 37.6 Å². The van der Waals surface area contributed by atoms with Crippen molar-refractivity contribution in [1.82, 2.24) is 0 Å². The Labute approximate surface area is 453 Å². The normalized spacial score (nSPS) is 14.1. The lowest BCUT2D eigenvalue weighted by Gasteiger charge is -2.19. The number of hydrogen-bond donors (Lipinski definition) is 2. The van der Waals surface area contributed by atoms with Crippen molar-refractivity contribution in [2.75, 3.05) is 26.4 Å². The van der Waals surface area contributed by atoms with E-state index in [1.54, 1.807) is 0 Å². The predicted molar refractivity (Wildman–Crippen MR) is 316 cm³/mol. The number of carbonyl (C=O) groups is 2. The molecule has 2 atom stereocenters. The number of phosphoric ester groups is 1.